The van der Waals surface area contributed by atoms with E-state index in [1.54, 1.807) is 6.07 Å². The molecule has 0 spiro atoms. The number of hydrogen-bond donors (Lipinski definition) is 1. The lowest BCUT2D eigenvalue weighted by atomic mass is 10.2. The van der Waals surface area contributed by atoms with E-state index in [-0.39, 0.29) is 5.69 Å². The molecule has 0 saturated heterocycles. The lowest BCUT2D eigenvalue weighted by Gasteiger charge is -2.07. The maximum Gasteiger partial charge on any atom is 0.419 e. The highest BCUT2D eigenvalue weighted by molar-refractivity contribution is 5.36. The quantitative estimate of drug-likeness (QED) is 0.676. The summed E-state index contributed by atoms with van der Waals surface area (Å²) in [6.07, 6.45) is -2.07. The number of nitrogens with zero attached hydrogens (tertiary/aromatic N) is 2. The highest BCUT2D eigenvalue weighted by Crippen LogP contribution is 2.29. The molecule has 0 unspecified atom stereocenters. The molecule has 0 atom stereocenters. The van der Waals surface area contributed by atoms with E-state index in [1.807, 2.05) is 6.92 Å². The number of halogens is 4. The van der Waals surface area contributed by atoms with Crippen LogP contribution in [0, 0.1) is 5.82 Å². The molecule has 2 rings (SSSR count). The van der Waals surface area contributed by atoms with Crippen molar-refractivity contribution >= 4 is 0 Å². The van der Waals surface area contributed by atoms with Gasteiger partial charge in [0.05, 0.1) is 11.8 Å². The molecule has 1 N–H and O–H groups in total. The van der Waals surface area contributed by atoms with E-state index in [2.05, 4.69) is 10.4 Å². The van der Waals surface area contributed by atoms with Crippen molar-refractivity contribution < 1.29 is 17.6 Å². The van der Waals surface area contributed by atoms with Gasteiger partial charge in [0.25, 0.3) is 0 Å². The first kappa shape index (κ1) is 15.5. The third-order valence-electron chi connectivity index (χ3n) is 2.92. The molecule has 3 nitrogen and oxygen atoms in total. The Kier molecular flexibility index (Phi) is 4.62. The van der Waals surface area contributed by atoms with Crippen LogP contribution in [0.5, 0.6) is 0 Å². The standard InChI is InChI=1S/C14H15F4N3/c1-2-5-19-7-10-3-4-13(12(15)6-10)21-9-11(8-20-21)14(16,17)18/h3-4,6,8-9,19H,2,5,7H2,1H3. The van der Waals surface area contributed by atoms with Crippen LogP contribution in [-0.4, -0.2) is 16.3 Å². The smallest absolute Gasteiger partial charge is 0.313 e. The van der Waals surface area contributed by atoms with Crippen LogP contribution in [0.3, 0.4) is 0 Å². The molecular weight excluding hydrogens is 286 g/mol. The Bertz CT molecular complexity index is 605. The van der Waals surface area contributed by atoms with E-state index >= 15 is 0 Å². The Morgan fingerprint density at radius 1 is 1.29 bits per heavy atom. The molecule has 0 aliphatic heterocycles. The Hall–Kier alpha value is -1.89. The van der Waals surface area contributed by atoms with Crippen LogP contribution in [0.15, 0.2) is 30.6 Å². The molecule has 1 heterocycles. The first-order chi connectivity index (χ1) is 9.91. The number of aromatic nitrogens is 2. The minimum absolute atomic E-state index is 0.00950. The maximum atomic E-state index is 14.0. The number of rotatable bonds is 5. The summed E-state index contributed by atoms with van der Waals surface area (Å²) in [6, 6.07) is 4.38. The minimum Gasteiger partial charge on any atom is -0.313 e. The van der Waals surface area contributed by atoms with Gasteiger partial charge in [-0.15, -0.1) is 0 Å². The van der Waals surface area contributed by atoms with Gasteiger partial charge in [0, 0.05) is 12.7 Å². The van der Waals surface area contributed by atoms with Gasteiger partial charge in [-0.2, -0.15) is 18.3 Å². The van der Waals surface area contributed by atoms with Gasteiger partial charge in [-0.25, -0.2) is 9.07 Å². The lowest BCUT2D eigenvalue weighted by Crippen LogP contribution is -2.14. The second kappa shape index (κ2) is 6.26. The molecule has 0 amide bonds. The fourth-order valence-corrected chi connectivity index (χ4v) is 1.86. The van der Waals surface area contributed by atoms with Crippen LogP contribution in [0.1, 0.15) is 24.5 Å². The Labute approximate surface area is 119 Å². The second-order valence-corrected chi connectivity index (χ2v) is 4.63. The van der Waals surface area contributed by atoms with Crippen molar-refractivity contribution in [3.63, 3.8) is 0 Å². The molecule has 1 aromatic carbocycles. The molecule has 21 heavy (non-hydrogen) atoms. The van der Waals surface area contributed by atoms with E-state index in [0.29, 0.717) is 12.7 Å². The molecular formula is C14H15F4N3. The van der Waals surface area contributed by atoms with Crippen LogP contribution >= 0.6 is 0 Å². The zero-order chi connectivity index (χ0) is 15.5. The zero-order valence-corrected chi connectivity index (χ0v) is 11.4. The number of hydrogen-bond acceptors (Lipinski definition) is 2. The first-order valence-electron chi connectivity index (χ1n) is 6.53. The summed E-state index contributed by atoms with van der Waals surface area (Å²) in [5.41, 5.74) is -0.187. The molecule has 1 aromatic heterocycles. The largest absolute Gasteiger partial charge is 0.419 e. The predicted octanol–water partition coefficient (Wildman–Crippen LogP) is 3.53. The highest BCUT2D eigenvalue weighted by atomic mass is 19.4. The average Bonchev–Trinajstić information content (AvgIpc) is 2.88. The van der Waals surface area contributed by atoms with Gasteiger partial charge >= 0.3 is 6.18 Å². The van der Waals surface area contributed by atoms with E-state index in [1.165, 1.54) is 12.1 Å². The summed E-state index contributed by atoms with van der Waals surface area (Å²) < 4.78 is 52.4. The summed E-state index contributed by atoms with van der Waals surface area (Å²) in [5.74, 6) is -0.609. The molecule has 0 fully saturated rings. The Morgan fingerprint density at radius 3 is 2.62 bits per heavy atom. The summed E-state index contributed by atoms with van der Waals surface area (Å²) in [4.78, 5) is 0. The summed E-state index contributed by atoms with van der Waals surface area (Å²) in [7, 11) is 0. The minimum atomic E-state index is -4.49. The second-order valence-electron chi connectivity index (χ2n) is 4.63. The van der Waals surface area contributed by atoms with Crippen molar-refractivity contribution in [1.29, 1.82) is 0 Å². The van der Waals surface area contributed by atoms with Crippen molar-refractivity contribution in [3.8, 4) is 5.69 Å². The third-order valence-corrected chi connectivity index (χ3v) is 2.92. The van der Waals surface area contributed by atoms with Gasteiger partial charge in [0.15, 0.2) is 0 Å². The molecule has 0 aliphatic rings. The van der Waals surface area contributed by atoms with Crippen LogP contribution in [-0.2, 0) is 12.7 Å². The van der Waals surface area contributed by atoms with Crippen LogP contribution < -0.4 is 5.32 Å². The van der Waals surface area contributed by atoms with Crippen molar-refractivity contribution in [3.05, 3.63) is 47.5 Å². The molecule has 7 heteroatoms. The Morgan fingerprint density at radius 2 is 2.05 bits per heavy atom. The lowest BCUT2D eigenvalue weighted by molar-refractivity contribution is -0.137. The van der Waals surface area contributed by atoms with E-state index in [0.717, 1.165) is 29.4 Å². The van der Waals surface area contributed by atoms with Crippen LogP contribution in [0.4, 0.5) is 17.6 Å². The summed E-state index contributed by atoms with van der Waals surface area (Å²) in [6.45, 7) is 3.35. The van der Waals surface area contributed by atoms with Gasteiger partial charge in [0.1, 0.15) is 11.5 Å². The number of alkyl halides is 3. The van der Waals surface area contributed by atoms with Crippen molar-refractivity contribution in [2.45, 2.75) is 26.1 Å². The summed E-state index contributed by atoms with van der Waals surface area (Å²) >= 11 is 0. The van der Waals surface area contributed by atoms with Crippen molar-refractivity contribution in [2.24, 2.45) is 0 Å². The fourth-order valence-electron chi connectivity index (χ4n) is 1.86. The van der Waals surface area contributed by atoms with E-state index in [4.69, 9.17) is 0 Å². The average molecular weight is 301 g/mol. The SMILES string of the molecule is CCCNCc1ccc(-n2cc(C(F)(F)F)cn2)c(F)c1. The van der Waals surface area contributed by atoms with Gasteiger partial charge in [-0.3, -0.25) is 0 Å². The Balaban J connectivity index is 2.19. The van der Waals surface area contributed by atoms with Gasteiger partial charge in [-0.1, -0.05) is 13.0 Å². The normalized spacial score (nSPS) is 11.9. The van der Waals surface area contributed by atoms with E-state index < -0.39 is 17.6 Å². The maximum absolute atomic E-state index is 14.0. The number of nitrogens with one attached hydrogen (secondary N) is 1. The molecule has 0 saturated carbocycles. The first-order valence-corrected chi connectivity index (χ1v) is 6.53. The molecule has 0 aliphatic carbocycles. The van der Waals surface area contributed by atoms with Crippen molar-refractivity contribution in [2.75, 3.05) is 6.54 Å². The molecule has 2 aromatic rings. The predicted molar refractivity (Wildman–Crippen MR) is 70.5 cm³/mol. The van der Waals surface area contributed by atoms with Gasteiger partial charge < -0.3 is 5.32 Å². The fraction of sp³-hybridized carbons (Fsp3) is 0.357. The summed E-state index contributed by atoms with van der Waals surface area (Å²) in [5, 5.41) is 6.68. The number of benzene rings is 1. The van der Waals surface area contributed by atoms with Gasteiger partial charge in [-0.05, 0) is 30.7 Å². The third kappa shape index (κ3) is 3.81. The highest BCUT2D eigenvalue weighted by Gasteiger charge is 2.32. The van der Waals surface area contributed by atoms with Crippen LogP contribution in [0.25, 0.3) is 5.69 Å². The molecule has 0 radical (unpaired) electrons. The molecule has 0 bridgehead atoms. The zero-order valence-electron chi connectivity index (χ0n) is 11.4. The topological polar surface area (TPSA) is 29.9 Å². The van der Waals surface area contributed by atoms with Gasteiger partial charge in [0.2, 0.25) is 0 Å². The monoisotopic (exact) mass is 301 g/mol. The van der Waals surface area contributed by atoms with E-state index in [9.17, 15) is 17.6 Å². The molecule has 114 valence electrons. The van der Waals surface area contributed by atoms with Crippen LogP contribution in [0.2, 0.25) is 0 Å². The van der Waals surface area contributed by atoms with Crippen molar-refractivity contribution in [1.82, 2.24) is 15.1 Å².